The van der Waals surface area contributed by atoms with Gasteiger partial charge in [0.25, 0.3) is 0 Å². The number of thiophene rings is 1. The van der Waals surface area contributed by atoms with Gasteiger partial charge in [0.1, 0.15) is 6.10 Å². The minimum atomic E-state index is 0.0865. The number of halogens is 1. The third-order valence-corrected chi connectivity index (χ3v) is 3.85. The lowest BCUT2D eigenvalue weighted by atomic mass is 10.1. The van der Waals surface area contributed by atoms with E-state index >= 15 is 0 Å². The summed E-state index contributed by atoms with van der Waals surface area (Å²) < 4.78 is 12.0. The first kappa shape index (κ1) is 12.3. The molecule has 1 aromatic heterocycles. The first-order chi connectivity index (χ1) is 7.81. The summed E-state index contributed by atoms with van der Waals surface area (Å²) in [6, 6.07) is 4.16. The lowest BCUT2D eigenvalue weighted by Gasteiger charge is -2.30. The molecule has 0 aromatic carbocycles. The second-order valence-corrected chi connectivity index (χ2v) is 5.41. The Hall–Kier alpha value is -0.130. The van der Waals surface area contributed by atoms with E-state index < -0.39 is 0 Å². The summed E-state index contributed by atoms with van der Waals surface area (Å²) in [4.78, 5) is 1.21. The van der Waals surface area contributed by atoms with E-state index in [0.717, 1.165) is 10.9 Å². The van der Waals surface area contributed by atoms with Crippen molar-refractivity contribution in [2.45, 2.75) is 19.1 Å². The molecule has 2 heterocycles. The molecule has 2 rings (SSSR count). The fourth-order valence-electron chi connectivity index (χ4n) is 1.83. The molecular weight excluding hydrogens is 246 g/mol. The highest BCUT2D eigenvalue weighted by Gasteiger charge is 2.26. The zero-order valence-corrected chi connectivity index (χ0v) is 10.8. The van der Waals surface area contributed by atoms with Gasteiger partial charge in [-0.3, -0.25) is 0 Å². The molecule has 0 bridgehead atoms. The van der Waals surface area contributed by atoms with Gasteiger partial charge in [0.15, 0.2) is 0 Å². The summed E-state index contributed by atoms with van der Waals surface area (Å²) in [6.07, 6.45) is 0.0865. The highest BCUT2D eigenvalue weighted by atomic mass is 35.5. The van der Waals surface area contributed by atoms with Crippen molar-refractivity contribution >= 4 is 22.9 Å². The Balaban J connectivity index is 2.09. The highest BCUT2D eigenvalue weighted by Crippen LogP contribution is 2.30. The molecule has 5 heteroatoms. The van der Waals surface area contributed by atoms with Crippen LogP contribution < -0.4 is 5.32 Å². The Labute approximate surface area is 105 Å². The molecule has 2 unspecified atom stereocenters. The zero-order chi connectivity index (χ0) is 11.4. The van der Waals surface area contributed by atoms with Gasteiger partial charge < -0.3 is 14.8 Å². The molecule has 16 heavy (non-hydrogen) atoms. The molecule has 0 radical (unpaired) electrons. The molecule has 1 fully saturated rings. The van der Waals surface area contributed by atoms with E-state index in [2.05, 4.69) is 18.3 Å². The van der Waals surface area contributed by atoms with Gasteiger partial charge in [0.05, 0.1) is 30.2 Å². The average Bonchev–Trinajstić information content (AvgIpc) is 2.74. The van der Waals surface area contributed by atoms with Crippen molar-refractivity contribution in [1.82, 2.24) is 5.32 Å². The number of hydrogen-bond donors (Lipinski definition) is 1. The highest BCUT2D eigenvalue weighted by molar-refractivity contribution is 7.16. The van der Waals surface area contributed by atoms with Gasteiger partial charge in [-0.25, -0.2) is 0 Å². The largest absolute Gasteiger partial charge is 0.376 e. The van der Waals surface area contributed by atoms with Crippen molar-refractivity contribution in [3.05, 3.63) is 21.3 Å². The topological polar surface area (TPSA) is 30.5 Å². The number of likely N-dealkylation sites (N-methyl/N-ethyl adjacent to an activating group) is 1. The molecule has 0 amide bonds. The third kappa shape index (κ3) is 2.96. The molecule has 1 saturated heterocycles. The maximum Gasteiger partial charge on any atom is 0.101 e. The lowest BCUT2D eigenvalue weighted by Crippen LogP contribution is -2.40. The van der Waals surface area contributed by atoms with Crippen molar-refractivity contribution in [3.8, 4) is 0 Å². The van der Waals surface area contributed by atoms with Crippen LogP contribution >= 0.6 is 22.9 Å². The van der Waals surface area contributed by atoms with Crippen LogP contribution in [0.4, 0.5) is 0 Å². The van der Waals surface area contributed by atoms with Crippen molar-refractivity contribution in [1.29, 1.82) is 0 Å². The lowest BCUT2D eigenvalue weighted by molar-refractivity contribution is -0.102. The van der Waals surface area contributed by atoms with Crippen molar-refractivity contribution in [2.24, 2.45) is 0 Å². The smallest absolute Gasteiger partial charge is 0.101 e. The zero-order valence-electron chi connectivity index (χ0n) is 9.24. The molecule has 2 atom stereocenters. The van der Waals surface area contributed by atoms with Gasteiger partial charge in [-0.15, -0.1) is 11.3 Å². The SMILES string of the molecule is CCNC(c1ccc(Cl)s1)C1COCCO1. The fourth-order valence-corrected chi connectivity index (χ4v) is 3.02. The van der Waals surface area contributed by atoms with Crippen LogP contribution in [0.5, 0.6) is 0 Å². The summed E-state index contributed by atoms with van der Waals surface area (Å²) >= 11 is 7.56. The van der Waals surface area contributed by atoms with Crippen LogP contribution in [-0.2, 0) is 9.47 Å². The van der Waals surface area contributed by atoms with E-state index in [4.69, 9.17) is 21.1 Å². The molecule has 0 aliphatic carbocycles. The minimum absolute atomic E-state index is 0.0865. The molecule has 1 N–H and O–H groups in total. The molecule has 3 nitrogen and oxygen atoms in total. The van der Waals surface area contributed by atoms with E-state index in [1.807, 2.05) is 6.07 Å². The summed E-state index contributed by atoms with van der Waals surface area (Å²) in [5, 5.41) is 3.43. The number of rotatable bonds is 4. The van der Waals surface area contributed by atoms with E-state index in [1.54, 1.807) is 11.3 Å². The maximum absolute atomic E-state index is 5.96. The summed E-state index contributed by atoms with van der Waals surface area (Å²) in [7, 11) is 0. The normalized spacial score (nSPS) is 23.2. The van der Waals surface area contributed by atoms with Crippen LogP contribution in [0.15, 0.2) is 12.1 Å². The third-order valence-electron chi connectivity index (χ3n) is 2.54. The van der Waals surface area contributed by atoms with Crippen LogP contribution in [0.3, 0.4) is 0 Å². The van der Waals surface area contributed by atoms with Gasteiger partial charge in [0, 0.05) is 4.88 Å². The first-order valence-electron chi connectivity index (χ1n) is 5.49. The van der Waals surface area contributed by atoms with Gasteiger partial charge >= 0.3 is 0 Å². The standard InChI is InChI=1S/C11H16ClNO2S/c1-2-13-11(8-7-14-5-6-15-8)9-3-4-10(12)16-9/h3-4,8,11,13H,2,5-7H2,1H3. The average molecular weight is 262 g/mol. The molecule has 1 aliphatic heterocycles. The maximum atomic E-state index is 5.96. The second-order valence-electron chi connectivity index (χ2n) is 3.66. The Morgan fingerprint density at radius 3 is 3.00 bits per heavy atom. The molecule has 90 valence electrons. The van der Waals surface area contributed by atoms with Crippen molar-refractivity contribution in [3.63, 3.8) is 0 Å². The van der Waals surface area contributed by atoms with Gasteiger partial charge in [-0.1, -0.05) is 18.5 Å². The second kappa shape index (κ2) is 5.98. The van der Waals surface area contributed by atoms with E-state index in [-0.39, 0.29) is 12.1 Å². The molecule has 1 aliphatic rings. The van der Waals surface area contributed by atoms with Crippen LogP contribution in [0.25, 0.3) is 0 Å². The van der Waals surface area contributed by atoms with Crippen LogP contribution in [0.2, 0.25) is 4.34 Å². The predicted molar refractivity (Wildman–Crippen MR) is 66.3 cm³/mol. The summed E-state index contributed by atoms with van der Waals surface area (Å²) in [5.74, 6) is 0. The Morgan fingerprint density at radius 2 is 2.44 bits per heavy atom. The van der Waals surface area contributed by atoms with Crippen molar-refractivity contribution < 1.29 is 9.47 Å². The van der Waals surface area contributed by atoms with E-state index in [0.29, 0.717) is 19.8 Å². The number of ether oxygens (including phenoxy) is 2. The number of nitrogens with one attached hydrogen (secondary N) is 1. The molecule has 1 aromatic rings. The Bertz CT molecular complexity index is 326. The predicted octanol–water partition coefficient (Wildman–Crippen LogP) is 2.47. The quantitative estimate of drug-likeness (QED) is 0.903. The first-order valence-corrected chi connectivity index (χ1v) is 6.68. The monoisotopic (exact) mass is 261 g/mol. The Morgan fingerprint density at radius 1 is 1.56 bits per heavy atom. The van der Waals surface area contributed by atoms with Crippen LogP contribution in [0, 0.1) is 0 Å². The van der Waals surface area contributed by atoms with Crippen molar-refractivity contribution in [2.75, 3.05) is 26.4 Å². The molecule has 0 saturated carbocycles. The van der Waals surface area contributed by atoms with E-state index in [1.165, 1.54) is 4.88 Å². The van der Waals surface area contributed by atoms with Gasteiger partial charge in [-0.2, -0.15) is 0 Å². The summed E-state index contributed by atoms with van der Waals surface area (Å²) in [5.41, 5.74) is 0. The van der Waals surface area contributed by atoms with Gasteiger partial charge in [-0.05, 0) is 18.7 Å². The minimum Gasteiger partial charge on any atom is -0.376 e. The Kier molecular flexibility index (Phi) is 4.61. The molecule has 0 spiro atoms. The molecular formula is C11H16ClNO2S. The van der Waals surface area contributed by atoms with Gasteiger partial charge in [0.2, 0.25) is 0 Å². The van der Waals surface area contributed by atoms with E-state index in [9.17, 15) is 0 Å². The number of hydrogen-bond acceptors (Lipinski definition) is 4. The fraction of sp³-hybridized carbons (Fsp3) is 0.636. The summed E-state index contributed by atoms with van der Waals surface area (Å²) in [6.45, 7) is 5.01. The van der Waals surface area contributed by atoms with Crippen LogP contribution in [-0.4, -0.2) is 32.5 Å². The van der Waals surface area contributed by atoms with Crippen LogP contribution in [0.1, 0.15) is 17.8 Å².